The van der Waals surface area contributed by atoms with Crippen LogP contribution in [0.4, 0.5) is 0 Å². The van der Waals surface area contributed by atoms with E-state index in [9.17, 15) is 0 Å². The van der Waals surface area contributed by atoms with Crippen LogP contribution in [0.25, 0.3) is 0 Å². The van der Waals surface area contributed by atoms with Gasteiger partial charge in [0.25, 0.3) is 0 Å². The molecular weight excluding hydrogens is 278 g/mol. The molecule has 0 saturated heterocycles. The van der Waals surface area contributed by atoms with Crippen molar-refractivity contribution >= 4 is 0 Å². The molecule has 0 fully saturated rings. The zero-order valence-corrected chi connectivity index (χ0v) is 13.2. The van der Waals surface area contributed by atoms with Crippen LogP contribution in [-0.4, -0.2) is 32.9 Å². The molecule has 0 N–H and O–H groups in total. The lowest BCUT2D eigenvalue weighted by molar-refractivity contribution is -0.166. The average Bonchev–Trinajstić information content (AvgIpc) is 2.73. The lowest BCUT2D eigenvalue weighted by atomic mass is 9.95. The van der Waals surface area contributed by atoms with Gasteiger partial charge in [0.1, 0.15) is 6.10 Å². The van der Waals surface area contributed by atoms with Gasteiger partial charge >= 0.3 is 0 Å². The van der Waals surface area contributed by atoms with Gasteiger partial charge in [0.05, 0.1) is 14.2 Å². The first-order chi connectivity index (χ1) is 10.7. The van der Waals surface area contributed by atoms with Crippen molar-refractivity contribution in [3.63, 3.8) is 0 Å². The summed E-state index contributed by atoms with van der Waals surface area (Å²) in [5, 5.41) is 1.90. The number of hydrogen-bond donors (Lipinski definition) is 0. The number of ether oxygens (including phenoxy) is 2. The predicted molar refractivity (Wildman–Crippen MR) is 85.3 cm³/mol. The molecule has 0 radical (unpaired) electrons. The quantitative estimate of drug-likeness (QED) is 0.871. The maximum absolute atomic E-state index is 6.13. The van der Waals surface area contributed by atoms with Crippen LogP contribution in [0.3, 0.4) is 0 Å². The Morgan fingerprint density at radius 2 is 1.73 bits per heavy atom. The van der Waals surface area contributed by atoms with E-state index in [0.717, 1.165) is 35.6 Å². The van der Waals surface area contributed by atoms with Gasteiger partial charge in [0.2, 0.25) is 0 Å². The Hall–Kier alpha value is -2.04. The van der Waals surface area contributed by atoms with Crippen molar-refractivity contribution in [1.29, 1.82) is 0 Å². The number of fused-ring (bicyclic) bond motifs is 1. The number of hydrogen-bond acceptors (Lipinski definition) is 4. The molecule has 0 aliphatic carbocycles. The largest absolute Gasteiger partial charge is 0.493 e. The van der Waals surface area contributed by atoms with Crippen LogP contribution in [0.1, 0.15) is 22.8 Å². The van der Waals surface area contributed by atoms with E-state index in [2.05, 4.69) is 18.2 Å². The van der Waals surface area contributed by atoms with Crippen LogP contribution in [0, 0.1) is 0 Å². The minimum absolute atomic E-state index is 0.136. The number of methoxy groups -OCH3 is 2. The van der Waals surface area contributed by atoms with Crippen LogP contribution >= 0.6 is 0 Å². The molecule has 2 aromatic rings. The molecule has 3 rings (SSSR count). The first-order valence-electron chi connectivity index (χ1n) is 7.40. The third-order valence-electron chi connectivity index (χ3n) is 4.01. The summed E-state index contributed by atoms with van der Waals surface area (Å²) < 4.78 is 10.9. The molecular formula is C18H21NO3. The summed E-state index contributed by atoms with van der Waals surface area (Å²) in [5.74, 6) is 1.49. The van der Waals surface area contributed by atoms with Gasteiger partial charge < -0.3 is 9.47 Å². The van der Waals surface area contributed by atoms with Crippen molar-refractivity contribution in [3.05, 3.63) is 59.2 Å². The fourth-order valence-electron chi connectivity index (χ4n) is 2.83. The fraction of sp³-hybridized carbons (Fsp3) is 0.333. The van der Waals surface area contributed by atoms with Gasteiger partial charge in [-0.2, -0.15) is 5.06 Å². The second-order valence-corrected chi connectivity index (χ2v) is 5.40. The van der Waals surface area contributed by atoms with E-state index in [-0.39, 0.29) is 6.10 Å². The molecule has 22 heavy (non-hydrogen) atoms. The van der Waals surface area contributed by atoms with Gasteiger partial charge in [-0.3, -0.25) is 4.84 Å². The van der Waals surface area contributed by atoms with Crippen LogP contribution in [0.5, 0.6) is 11.5 Å². The molecule has 1 heterocycles. The van der Waals surface area contributed by atoms with Gasteiger partial charge in [0.15, 0.2) is 11.5 Å². The molecule has 1 aliphatic rings. The highest BCUT2D eigenvalue weighted by molar-refractivity contribution is 5.50. The van der Waals surface area contributed by atoms with Crippen LogP contribution in [0.15, 0.2) is 42.5 Å². The fourth-order valence-corrected chi connectivity index (χ4v) is 2.83. The smallest absolute Gasteiger partial charge is 0.161 e. The summed E-state index contributed by atoms with van der Waals surface area (Å²) in [5.41, 5.74) is 3.49. The van der Waals surface area contributed by atoms with E-state index in [1.54, 1.807) is 14.2 Å². The SMILES string of the molecule is COc1cc2c(cc1OC)[C@@H](c1ccccc1)ON(C)CC2. The zero-order valence-electron chi connectivity index (χ0n) is 13.2. The van der Waals surface area contributed by atoms with E-state index < -0.39 is 0 Å². The number of rotatable bonds is 3. The Balaban J connectivity index is 2.12. The van der Waals surface area contributed by atoms with Crippen molar-refractivity contribution in [1.82, 2.24) is 5.06 Å². The van der Waals surface area contributed by atoms with Crippen LogP contribution in [0.2, 0.25) is 0 Å². The Morgan fingerprint density at radius 1 is 1.05 bits per heavy atom. The first-order valence-corrected chi connectivity index (χ1v) is 7.40. The van der Waals surface area contributed by atoms with E-state index in [0.29, 0.717) is 0 Å². The minimum Gasteiger partial charge on any atom is -0.493 e. The molecule has 4 nitrogen and oxygen atoms in total. The normalized spacial score (nSPS) is 18.4. The summed E-state index contributed by atoms with van der Waals surface area (Å²) in [6, 6.07) is 14.3. The van der Waals surface area contributed by atoms with Crippen LogP contribution < -0.4 is 9.47 Å². The van der Waals surface area contributed by atoms with Crippen molar-refractivity contribution in [2.45, 2.75) is 12.5 Å². The van der Waals surface area contributed by atoms with Gasteiger partial charge in [-0.25, -0.2) is 0 Å². The van der Waals surface area contributed by atoms with E-state index in [1.807, 2.05) is 36.4 Å². The third-order valence-corrected chi connectivity index (χ3v) is 4.01. The Bertz CT molecular complexity index is 642. The maximum Gasteiger partial charge on any atom is 0.161 e. The number of nitrogens with zero attached hydrogens (tertiary/aromatic N) is 1. The number of hydroxylamine groups is 2. The predicted octanol–water partition coefficient (Wildman–Crippen LogP) is 3.21. The highest BCUT2D eigenvalue weighted by Gasteiger charge is 2.26. The van der Waals surface area contributed by atoms with E-state index in [4.69, 9.17) is 14.3 Å². The third kappa shape index (κ3) is 2.80. The zero-order chi connectivity index (χ0) is 15.5. The number of benzene rings is 2. The van der Waals surface area contributed by atoms with Crippen molar-refractivity contribution in [2.75, 3.05) is 27.8 Å². The van der Waals surface area contributed by atoms with Crippen LogP contribution in [-0.2, 0) is 11.3 Å². The van der Waals surface area contributed by atoms with Crippen molar-refractivity contribution in [2.24, 2.45) is 0 Å². The monoisotopic (exact) mass is 299 g/mol. The molecule has 0 bridgehead atoms. The summed E-state index contributed by atoms with van der Waals surface area (Å²) in [6.45, 7) is 0.839. The van der Waals surface area contributed by atoms with Crippen molar-refractivity contribution in [3.8, 4) is 11.5 Å². The lowest BCUT2D eigenvalue weighted by Crippen LogP contribution is -2.21. The Kier molecular flexibility index (Phi) is 4.32. The second kappa shape index (κ2) is 6.38. The maximum atomic E-state index is 6.13. The lowest BCUT2D eigenvalue weighted by Gasteiger charge is -2.23. The topological polar surface area (TPSA) is 30.9 Å². The van der Waals surface area contributed by atoms with E-state index in [1.165, 1.54) is 5.56 Å². The van der Waals surface area contributed by atoms with Crippen molar-refractivity contribution < 1.29 is 14.3 Å². The van der Waals surface area contributed by atoms with Gasteiger partial charge in [-0.05, 0) is 35.2 Å². The minimum atomic E-state index is -0.136. The molecule has 1 atom stereocenters. The summed E-state index contributed by atoms with van der Waals surface area (Å²) in [6.07, 6.45) is 0.777. The summed E-state index contributed by atoms with van der Waals surface area (Å²) in [7, 11) is 5.29. The first kappa shape index (κ1) is 14.9. The highest BCUT2D eigenvalue weighted by atomic mass is 16.7. The molecule has 4 heteroatoms. The summed E-state index contributed by atoms with van der Waals surface area (Å²) in [4.78, 5) is 6.13. The average molecular weight is 299 g/mol. The molecule has 0 spiro atoms. The number of likely N-dealkylation sites (N-methyl/N-ethyl adjacent to an activating group) is 1. The van der Waals surface area contributed by atoms with E-state index >= 15 is 0 Å². The molecule has 116 valence electrons. The van der Waals surface area contributed by atoms with Gasteiger partial charge in [0, 0.05) is 13.6 Å². The highest BCUT2D eigenvalue weighted by Crippen LogP contribution is 2.38. The molecule has 2 aromatic carbocycles. The molecule has 1 aliphatic heterocycles. The summed E-state index contributed by atoms with van der Waals surface area (Å²) >= 11 is 0. The van der Waals surface area contributed by atoms with Gasteiger partial charge in [-0.1, -0.05) is 30.3 Å². The Morgan fingerprint density at radius 3 is 2.41 bits per heavy atom. The molecule has 0 aromatic heterocycles. The standard InChI is InChI=1S/C18H21NO3/c1-19-10-9-14-11-16(20-2)17(21-3)12-15(14)18(22-19)13-7-5-4-6-8-13/h4-8,11-12,18H,9-10H2,1-3H3/t18-/m1/s1. The second-order valence-electron chi connectivity index (χ2n) is 5.40. The van der Waals surface area contributed by atoms with Gasteiger partial charge in [-0.15, -0.1) is 0 Å². The molecule has 0 amide bonds. The molecule has 0 unspecified atom stereocenters. The molecule has 0 saturated carbocycles. The Labute approximate surface area is 131 Å².